The third kappa shape index (κ3) is 3.86. The van der Waals surface area contributed by atoms with Crippen molar-refractivity contribution in [3.8, 4) is 0 Å². The van der Waals surface area contributed by atoms with Crippen LogP contribution in [0.1, 0.15) is 6.92 Å². The number of hydrogen-bond donors (Lipinski definition) is 2. The first-order chi connectivity index (χ1) is 9.35. The summed E-state index contributed by atoms with van der Waals surface area (Å²) in [6.45, 7) is 0.199. The Balaban J connectivity index is 1.96. The van der Waals surface area contributed by atoms with Crippen LogP contribution in [0.25, 0.3) is 10.1 Å². The molecule has 0 bridgehead atoms. The predicted molar refractivity (Wildman–Crippen MR) is 74.0 cm³/mol. The number of carbonyl (C=O) groups excluding carboxylic acids is 1. The van der Waals surface area contributed by atoms with E-state index in [2.05, 4.69) is 5.32 Å². The number of anilines is 1. The van der Waals surface area contributed by atoms with Crippen molar-refractivity contribution >= 4 is 33.0 Å². The maximum atomic E-state index is 12.0. The van der Waals surface area contributed by atoms with Crippen molar-refractivity contribution in [1.29, 1.82) is 0 Å². The second kappa shape index (κ2) is 5.70. The van der Waals surface area contributed by atoms with Crippen molar-refractivity contribution < 1.29 is 18.0 Å². The highest BCUT2D eigenvalue weighted by Crippen LogP contribution is 2.24. The Morgan fingerprint density at radius 1 is 1.35 bits per heavy atom. The molecular weight excluding hydrogens is 289 g/mol. The summed E-state index contributed by atoms with van der Waals surface area (Å²) in [6.07, 6.45) is -4.40. The molecule has 1 unspecified atom stereocenters. The monoisotopic (exact) mass is 302 g/mol. The highest BCUT2D eigenvalue weighted by Gasteiger charge is 2.28. The van der Waals surface area contributed by atoms with Crippen molar-refractivity contribution in [3.05, 3.63) is 29.6 Å². The van der Waals surface area contributed by atoms with Crippen LogP contribution < -0.4 is 10.6 Å². The van der Waals surface area contributed by atoms with Crippen molar-refractivity contribution in [2.75, 3.05) is 11.9 Å². The number of rotatable bonds is 4. The molecule has 0 fully saturated rings. The van der Waals surface area contributed by atoms with E-state index >= 15 is 0 Å². The second-order valence-electron chi connectivity index (χ2n) is 4.37. The van der Waals surface area contributed by atoms with Gasteiger partial charge in [0.15, 0.2) is 0 Å². The van der Waals surface area contributed by atoms with E-state index in [9.17, 15) is 18.0 Å². The van der Waals surface area contributed by atoms with Gasteiger partial charge in [-0.2, -0.15) is 13.2 Å². The molecule has 0 spiro atoms. The third-order valence-electron chi connectivity index (χ3n) is 2.69. The van der Waals surface area contributed by atoms with E-state index in [1.54, 1.807) is 17.4 Å². The Kier molecular flexibility index (Phi) is 4.17. The summed E-state index contributed by atoms with van der Waals surface area (Å²) in [5.41, 5.74) is 0.700. The fourth-order valence-corrected chi connectivity index (χ4v) is 2.48. The predicted octanol–water partition coefficient (Wildman–Crippen LogP) is 3.38. The Bertz CT molecular complexity index is 609. The summed E-state index contributed by atoms with van der Waals surface area (Å²) in [7, 11) is 0. The van der Waals surface area contributed by atoms with Gasteiger partial charge in [0.2, 0.25) is 5.91 Å². The molecule has 1 aromatic heterocycles. The van der Waals surface area contributed by atoms with Crippen molar-refractivity contribution in [2.24, 2.45) is 0 Å². The molecule has 1 atom stereocenters. The Hall–Kier alpha value is -1.76. The van der Waals surface area contributed by atoms with Crippen molar-refractivity contribution in [2.45, 2.75) is 19.1 Å². The van der Waals surface area contributed by atoms with Crippen LogP contribution in [0.15, 0.2) is 29.6 Å². The van der Waals surface area contributed by atoms with Gasteiger partial charge in [0, 0.05) is 10.4 Å². The number of hydrogen-bond acceptors (Lipinski definition) is 3. The molecule has 1 amide bonds. The number of amides is 1. The van der Waals surface area contributed by atoms with Crippen LogP contribution in [0.5, 0.6) is 0 Å². The number of nitrogens with one attached hydrogen (secondary N) is 2. The van der Waals surface area contributed by atoms with Gasteiger partial charge in [-0.05, 0) is 42.0 Å². The van der Waals surface area contributed by atoms with Crippen LogP contribution >= 0.6 is 11.3 Å². The van der Waals surface area contributed by atoms with Crippen LogP contribution in [-0.4, -0.2) is 24.7 Å². The lowest BCUT2D eigenvalue weighted by molar-refractivity contribution is -0.138. The molecule has 3 nitrogen and oxygen atoms in total. The number of benzene rings is 1. The van der Waals surface area contributed by atoms with Crippen LogP contribution in [0.4, 0.5) is 18.9 Å². The third-order valence-corrected chi connectivity index (χ3v) is 3.59. The first-order valence-electron chi connectivity index (χ1n) is 5.93. The number of carbonyl (C=O) groups is 1. The van der Waals surface area contributed by atoms with Crippen molar-refractivity contribution in [3.63, 3.8) is 0 Å². The average Bonchev–Trinajstić information content (AvgIpc) is 2.82. The molecule has 0 aliphatic heterocycles. The molecule has 0 radical (unpaired) electrons. The van der Waals surface area contributed by atoms with Gasteiger partial charge in [0.05, 0.1) is 0 Å². The quantitative estimate of drug-likeness (QED) is 0.909. The zero-order valence-electron chi connectivity index (χ0n) is 10.6. The van der Waals surface area contributed by atoms with Gasteiger partial charge in [0.25, 0.3) is 0 Å². The fourth-order valence-electron chi connectivity index (χ4n) is 1.71. The van der Waals surface area contributed by atoms with Crippen molar-refractivity contribution in [1.82, 2.24) is 5.32 Å². The minimum absolute atomic E-state index is 0.687. The molecule has 7 heteroatoms. The minimum atomic E-state index is -4.40. The zero-order valence-corrected chi connectivity index (χ0v) is 11.4. The van der Waals surface area contributed by atoms with Gasteiger partial charge in [-0.1, -0.05) is 0 Å². The van der Waals surface area contributed by atoms with E-state index in [1.807, 2.05) is 28.9 Å². The first kappa shape index (κ1) is 14.6. The van der Waals surface area contributed by atoms with E-state index in [0.717, 1.165) is 10.1 Å². The molecule has 2 aromatic rings. The summed E-state index contributed by atoms with van der Waals surface area (Å²) in [5.74, 6) is -0.687. The molecule has 0 saturated carbocycles. The number of thiophene rings is 1. The number of halogens is 3. The van der Waals surface area contributed by atoms with Gasteiger partial charge in [-0.3, -0.25) is 4.79 Å². The van der Waals surface area contributed by atoms with Gasteiger partial charge >= 0.3 is 6.18 Å². The van der Waals surface area contributed by atoms with E-state index < -0.39 is 24.7 Å². The van der Waals surface area contributed by atoms with Gasteiger partial charge in [-0.25, -0.2) is 0 Å². The van der Waals surface area contributed by atoms with Gasteiger partial charge < -0.3 is 10.6 Å². The van der Waals surface area contributed by atoms with Crippen LogP contribution in [0, 0.1) is 0 Å². The zero-order chi connectivity index (χ0) is 14.8. The molecular formula is C13H13F3N2OS. The lowest BCUT2D eigenvalue weighted by Gasteiger charge is -2.16. The summed E-state index contributed by atoms with van der Waals surface area (Å²) in [6, 6.07) is 6.77. The number of alkyl halides is 3. The largest absolute Gasteiger partial charge is 0.405 e. The van der Waals surface area contributed by atoms with Gasteiger partial charge in [-0.15, -0.1) is 11.3 Å². The molecule has 2 N–H and O–H groups in total. The van der Waals surface area contributed by atoms with E-state index in [4.69, 9.17) is 0 Å². The SMILES string of the molecule is CC(Nc1ccc2sccc2c1)C(=O)NCC(F)(F)F. The summed E-state index contributed by atoms with van der Waals surface area (Å²) < 4.78 is 37.1. The molecule has 1 heterocycles. The maximum Gasteiger partial charge on any atom is 0.405 e. The average molecular weight is 302 g/mol. The fraction of sp³-hybridized carbons (Fsp3) is 0.308. The molecule has 20 heavy (non-hydrogen) atoms. The molecule has 1 aromatic carbocycles. The summed E-state index contributed by atoms with van der Waals surface area (Å²) >= 11 is 1.60. The van der Waals surface area contributed by atoms with E-state index in [-0.39, 0.29) is 0 Å². The van der Waals surface area contributed by atoms with E-state index in [1.165, 1.54) is 6.92 Å². The van der Waals surface area contributed by atoms with E-state index in [0.29, 0.717) is 5.69 Å². The number of fused-ring (bicyclic) bond motifs is 1. The normalized spacial score (nSPS) is 13.2. The molecule has 0 saturated heterocycles. The summed E-state index contributed by atoms with van der Waals surface area (Å²) in [4.78, 5) is 11.5. The highest BCUT2D eigenvalue weighted by atomic mass is 32.1. The lowest BCUT2D eigenvalue weighted by atomic mass is 10.2. The maximum absolute atomic E-state index is 12.0. The second-order valence-corrected chi connectivity index (χ2v) is 5.32. The smallest absolute Gasteiger partial charge is 0.374 e. The topological polar surface area (TPSA) is 41.1 Å². The van der Waals surface area contributed by atoms with Crippen LogP contribution in [0.2, 0.25) is 0 Å². The highest BCUT2D eigenvalue weighted by molar-refractivity contribution is 7.17. The minimum Gasteiger partial charge on any atom is -0.374 e. The van der Waals surface area contributed by atoms with Crippen LogP contribution in [-0.2, 0) is 4.79 Å². The summed E-state index contributed by atoms with van der Waals surface area (Å²) in [5, 5.41) is 7.72. The Morgan fingerprint density at radius 3 is 2.80 bits per heavy atom. The lowest BCUT2D eigenvalue weighted by Crippen LogP contribution is -2.42. The Morgan fingerprint density at radius 2 is 2.10 bits per heavy atom. The molecule has 108 valence electrons. The van der Waals surface area contributed by atoms with Gasteiger partial charge in [0.1, 0.15) is 12.6 Å². The standard InChI is InChI=1S/C13H13F3N2OS/c1-8(12(19)17-7-13(14,15)16)18-10-2-3-11-9(6-10)4-5-20-11/h2-6,8,18H,7H2,1H3,(H,17,19). The molecule has 0 aliphatic carbocycles. The van der Waals surface area contributed by atoms with Crippen LogP contribution in [0.3, 0.4) is 0 Å². The first-order valence-corrected chi connectivity index (χ1v) is 6.81. The Labute approximate surface area is 117 Å². The molecule has 0 aliphatic rings. The molecule has 2 rings (SSSR count).